The molecule has 84 valence electrons. The molecule has 0 rings (SSSR count). The molecule has 0 unspecified atom stereocenters. The van der Waals surface area contributed by atoms with Crippen LogP contribution >= 0.6 is 15.9 Å². The Bertz CT molecular complexity index is 275. The summed E-state index contributed by atoms with van der Waals surface area (Å²) in [5, 5.41) is 0. The Balaban J connectivity index is 0. The average molecular weight is 273 g/mol. The summed E-state index contributed by atoms with van der Waals surface area (Å²) >= 11 is 3.22. The van der Waals surface area contributed by atoms with Crippen LogP contribution in [-0.4, -0.2) is 13.1 Å². The summed E-state index contributed by atoms with van der Waals surface area (Å²) in [5.74, 6) is -0.407. The van der Waals surface area contributed by atoms with Gasteiger partial charge in [0, 0.05) is 4.48 Å². The molecule has 0 aromatic carbocycles. The third kappa shape index (κ3) is 7.94. The molecule has 0 aromatic heterocycles. The van der Waals surface area contributed by atoms with Gasteiger partial charge in [-0.1, -0.05) is 55.1 Å². The average Bonchev–Trinajstić information content (AvgIpc) is 2.31. The zero-order chi connectivity index (χ0) is 12.3. The number of hydrogen-bond acceptors (Lipinski definition) is 2. The topological polar surface area (TPSA) is 26.3 Å². The molecule has 0 aliphatic carbocycles. The highest BCUT2D eigenvalue weighted by atomic mass is 79.9. The molecule has 0 amide bonds. The summed E-state index contributed by atoms with van der Waals surface area (Å²) in [6.07, 6.45) is 6.35. The quantitative estimate of drug-likeness (QED) is 0.443. The van der Waals surface area contributed by atoms with Gasteiger partial charge in [0.15, 0.2) is 0 Å². The van der Waals surface area contributed by atoms with Crippen LogP contribution in [-0.2, 0) is 9.53 Å². The van der Waals surface area contributed by atoms with Gasteiger partial charge in [-0.25, -0.2) is 4.79 Å². The number of carbonyl (C=O) groups excluding carboxylic acids is 1. The van der Waals surface area contributed by atoms with Gasteiger partial charge in [0.2, 0.25) is 0 Å². The van der Waals surface area contributed by atoms with Crippen molar-refractivity contribution in [2.24, 2.45) is 0 Å². The Kier molecular flexibility index (Phi) is 12.0. The molecule has 0 bridgehead atoms. The fraction of sp³-hybridized carbons (Fsp3) is 0.250. The monoisotopic (exact) mass is 272 g/mol. The first-order valence-electron chi connectivity index (χ1n) is 4.56. The minimum Gasteiger partial charge on any atom is -0.465 e. The molecule has 0 atom stereocenters. The number of rotatable bonds is 4. The predicted octanol–water partition coefficient (Wildman–Crippen LogP) is 3.76. The Morgan fingerprint density at radius 2 is 1.73 bits per heavy atom. The van der Waals surface area contributed by atoms with Crippen LogP contribution in [0.3, 0.4) is 0 Å². The van der Waals surface area contributed by atoms with Gasteiger partial charge in [0.05, 0.1) is 12.7 Å². The molecule has 15 heavy (non-hydrogen) atoms. The third-order valence-corrected chi connectivity index (χ3v) is 1.85. The third-order valence-electron chi connectivity index (χ3n) is 1.26. The van der Waals surface area contributed by atoms with Gasteiger partial charge < -0.3 is 4.74 Å². The van der Waals surface area contributed by atoms with Gasteiger partial charge in [-0.3, -0.25) is 0 Å². The van der Waals surface area contributed by atoms with Gasteiger partial charge in [-0.05, 0) is 12.2 Å². The van der Waals surface area contributed by atoms with Crippen molar-refractivity contribution >= 4 is 21.9 Å². The molecule has 0 radical (unpaired) electrons. The summed E-state index contributed by atoms with van der Waals surface area (Å²) in [7, 11) is 1.33. The number of methoxy groups -OCH3 is 1. The minimum absolute atomic E-state index is 0.404. The summed E-state index contributed by atoms with van der Waals surface area (Å²) in [6.45, 7) is 11.0. The van der Waals surface area contributed by atoms with Crippen LogP contribution in [0, 0.1) is 0 Å². The zero-order valence-corrected chi connectivity index (χ0v) is 11.0. The van der Waals surface area contributed by atoms with Gasteiger partial charge in [-0.2, -0.15) is 0 Å². The van der Waals surface area contributed by atoms with E-state index < -0.39 is 5.97 Å². The molecule has 2 nitrogen and oxygen atoms in total. The molecule has 0 spiro atoms. The minimum atomic E-state index is -0.407. The van der Waals surface area contributed by atoms with E-state index in [4.69, 9.17) is 0 Å². The molecule has 0 aromatic rings. The number of allylic oxidation sites excluding steroid dienone is 4. The van der Waals surface area contributed by atoms with E-state index in [1.807, 2.05) is 13.8 Å². The molecule has 0 heterocycles. The number of halogens is 1. The van der Waals surface area contributed by atoms with E-state index in [1.165, 1.54) is 13.2 Å². The van der Waals surface area contributed by atoms with E-state index in [0.717, 1.165) is 4.48 Å². The number of hydrogen-bond donors (Lipinski definition) is 0. The van der Waals surface area contributed by atoms with Gasteiger partial charge in [0.25, 0.3) is 0 Å². The van der Waals surface area contributed by atoms with Gasteiger partial charge in [-0.15, -0.1) is 0 Å². The molecule has 0 fully saturated rings. The van der Waals surface area contributed by atoms with Crippen LogP contribution < -0.4 is 0 Å². The normalized spacial score (nSPS) is 10.9. The standard InChI is InChI=1S/C10H11BrO2.C2H6/c1-4-8(10(12)13-3)6-7-9(11)5-2;1-2/h4-7H,1-2H2,3H3;1-2H3/b8-6+,9-7+;. The fourth-order valence-corrected chi connectivity index (χ4v) is 0.707. The SMILES string of the molecule is C=C/C(Br)=C\C=C(/C=C)C(=O)OC.CC. The van der Waals surface area contributed by atoms with Crippen LogP contribution in [0.2, 0.25) is 0 Å². The first kappa shape index (κ1) is 16.3. The second-order valence-electron chi connectivity index (χ2n) is 2.07. The summed E-state index contributed by atoms with van der Waals surface area (Å²) in [5.41, 5.74) is 0.404. The molecule has 3 heteroatoms. The van der Waals surface area contributed by atoms with Crippen molar-refractivity contribution in [1.82, 2.24) is 0 Å². The second kappa shape index (κ2) is 11.0. The summed E-state index contributed by atoms with van der Waals surface area (Å²) < 4.78 is 5.31. The number of carbonyl (C=O) groups is 1. The molecule has 0 saturated heterocycles. The Morgan fingerprint density at radius 3 is 2.07 bits per heavy atom. The van der Waals surface area contributed by atoms with E-state index in [9.17, 15) is 4.79 Å². The van der Waals surface area contributed by atoms with E-state index >= 15 is 0 Å². The maximum absolute atomic E-state index is 11.0. The van der Waals surface area contributed by atoms with E-state index in [-0.39, 0.29) is 0 Å². The van der Waals surface area contributed by atoms with E-state index in [1.54, 1.807) is 18.2 Å². The number of ether oxygens (including phenoxy) is 1. The predicted molar refractivity (Wildman–Crippen MR) is 68.9 cm³/mol. The maximum Gasteiger partial charge on any atom is 0.337 e. The van der Waals surface area contributed by atoms with E-state index in [0.29, 0.717) is 5.57 Å². The molecular formula is C12H17BrO2. The highest BCUT2D eigenvalue weighted by Crippen LogP contribution is 2.07. The molecule has 0 aliphatic rings. The lowest BCUT2D eigenvalue weighted by atomic mass is 10.2. The lowest BCUT2D eigenvalue weighted by molar-refractivity contribution is -0.135. The first-order valence-corrected chi connectivity index (χ1v) is 5.35. The van der Waals surface area contributed by atoms with Crippen molar-refractivity contribution in [2.45, 2.75) is 13.8 Å². The lowest BCUT2D eigenvalue weighted by Gasteiger charge is -1.96. The molecule has 0 saturated carbocycles. The van der Waals surface area contributed by atoms with Crippen LogP contribution in [0.4, 0.5) is 0 Å². The molecule has 0 aliphatic heterocycles. The first-order chi connectivity index (χ1) is 7.15. The summed E-state index contributed by atoms with van der Waals surface area (Å²) in [4.78, 5) is 11.0. The zero-order valence-electron chi connectivity index (χ0n) is 9.42. The highest BCUT2D eigenvalue weighted by molar-refractivity contribution is 9.11. The second-order valence-corrected chi connectivity index (χ2v) is 2.99. The number of esters is 1. The maximum atomic E-state index is 11.0. The van der Waals surface area contributed by atoms with Crippen molar-refractivity contribution < 1.29 is 9.53 Å². The van der Waals surface area contributed by atoms with Crippen molar-refractivity contribution in [3.8, 4) is 0 Å². The van der Waals surface area contributed by atoms with Crippen molar-refractivity contribution in [1.29, 1.82) is 0 Å². The fourth-order valence-electron chi connectivity index (χ4n) is 0.575. The molecular weight excluding hydrogens is 256 g/mol. The van der Waals surface area contributed by atoms with Crippen LogP contribution in [0.15, 0.2) is 47.5 Å². The Hall–Kier alpha value is -1.09. The Morgan fingerprint density at radius 1 is 1.20 bits per heavy atom. The van der Waals surface area contributed by atoms with Crippen molar-refractivity contribution in [3.05, 3.63) is 47.5 Å². The Labute approximate surface area is 100 Å². The van der Waals surface area contributed by atoms with Crippen LogP contribution in [0.25, 0.3) is 0 Å². The van der Waals surface area contributed by atoms with E-state index in [2.05, 4.69) is 33.8 Å². The summed E-state index contributed by atoms with van der Waals surface area (Å²) in [6, 6.07) is 0. The largest absolute Gasteiger partial charge is 0.465 e. The van der Waals surface area contributed by atoms with Crippen molar-refractivity contribution in [2.75, 3.05) is 7.11 Å². The molecule has 0 N–H and O–H groups in total. The van der Waals surface area contributed by atoms with Crippen LogP contribution in [0.1, 0.15) is 13.8 Å². The highest BCUT2D eigenvalue weighted by Gasteiger charge is 2.02. The van der Waals surface area contributed by atoms with Crippen molar-refractivity contribution in [3.63, 3.8) is 0 Å². The van der Waals surface area contributed by atoms with Crippen LogP contribution in [0.5, 0.6) is 0 Å². The lowest BCUT2D eigenvalue weighted by Crippen LogP contribution is -2.01. The van der Waals surface area contributed by atoms with Gasteiger partial charge in [0.1, 0.15) is 0 Å². The smallest absolute Gasteiger partial charge is 0.337 e. The van der Waals surface area contributed by atoms with Gasteiger partial charge >= 0.3 is 5.97 Å².